The Kier molecular flexibility index (Phi) is 4.51. The van der Waals surface area contributed by atoms with Crippen LogP contribution >= 0.6 is 0 Å². The highest BCUT2D eigenvalue weighted by molar-refractivity contribution is 5.82. The molecule has 0 saturated carbocycles. The number of aryl methyl sites for hydroxylation is 1. The maximum Gasteiger partial charge on any atom is 0.145 e. The van der Waals surface area contributed by atoms with E-state index in [-0.39, 0.29) is 0 Å². The fourth-order valence-electron chi connectivity index (χ4n) is 4.06. The molecule has 4 heterocycles. The van der Waals surface area contributed by atoms with Gasteiger partial charge in [-0.3, -0.25) is 14.5 Å². The van der Waals surface area contributed by atoms with Gasteiger partial charge in [-0.25, -0.2) is 4.98 Å². The second-order valence-electron chi connectivity index (χ2n) is 8.01. The van der Waals surface area contributed by atoms with E-state index in [1.807, 2.05) is 31.5 Å². The first-order valence-electron chi connectivity index (χ1n) is 10.3. The number of imidazole rings is 1. The van der Waals surface area contributed by atoms with E-state index < -0.39 is 0 Å². The Morgan fingerprint density at radius 1 is 0.897 bits per heavy atom. The highest BCUT2D eigenvalue weighted by Crippen LogP contribution is 2.30. The van der Waals surface area contributed by atoms with E-state index in [0.29, 0.717) is 0 Å². The van der Waals surface area contributed by atoms with Crippen molar-refractivity contribution in [1.29, 1.82) is 0 Å². The van der Waals surface area contributed by atoms with Gasteiger partial charge in [-0.2, -0.15) is 0 Å². The van der Waals surface area contributed by atoms with E-state index in [1.54, 1.807) is 6.20 Å². The van der Waals surface area contributed by atoms with Gasteiger partial charge in [0, 0.05) is 36.2 Å². The Labute approximate surface area is 171 Å². The van der Waals surface area contributed by atoms with Gasteiger partial charge in [0.25, 0.3) is 0 Å². The van der Waals surface area contributed by atoms with Crippen LogP contribution in [0.5, 0.6) is 0 Å². The third kappa shape index (κ3) is 3.37. The number of fused-ring (bicyclic) bond motifs is 1. The molecule has 0 aliphatic carbocycles. The third-order valence-corrected chi connectivity index (χ3v) is 5.89. The largest absolute Gasteiger partial charge is 0.372 e. The monoisotopic (exact) mass is 383 g/mol. The Morgan fingerprint density at radius 3 is 2.38 bits per heavy atom. The number of benzene rings is 1. The second kappa shape index (κ2) is 7.32. The standard InChI is InChI=1S/C24H25N5/c1-17-10-13-28(14-11-17)20-7-4-19(5-8-20)24-27-22-9-12-25-16-23(22)29(24)21-6-3-18(2)26-15-21/h3-9,12,15-17H,10-11,13-14H2,1-2H3. The minimum absolute atomic E-state index is 0.835. The smallest absolute Gasteiger partial charge is 0.145 e. The maximum atomic E-state index is 4.92. The molecule has 5 heteroatoms. The van der Waals surface area contributed by atoms with Gasteiger partial charge in [-0.1, -0.05) is 6.92 Å². The first kappa shape index (κ1) is 17.9. The molecule has 1 saturated heterocycles. The minimum Gasteiger partial charge on any atom is -0.372 e. The van der Waals surface area contributed by atoms with Crippen LogP contribution < -0.4 is 4.90 Å². The Morgan fingerprint density at radius 2 is 1.66 bits per heavy atom. The summed E-state index contributed by atoms with van der Waals surface area (Å²) in [4.78, 5) is 16.2. The normalized spacial score (nSPS) is 15.2. The number of hydrogen-bond acceptors (Lipinski definition) is 4. The summed E-state index contributed by atoms with van der Waals surface area (Å²) in [6.07, 6.45) is 8.10. The van der Waals surface area contributed by atoms with Crippen LogP contribution in [0.3, 0.4) is 0 Å². The zero-order valence-electron chi connectivity index (χ0n) is 16.9. The van der Waals surface area contributed by atoms with Crippen LogP contribution in [-0.4, -0.2) is 32.6 Å². The number of aromatic nitrogens is 4. The molecule has 0 unspecified atom stereocenters. The Hall–Kier alpha value is -3.21. The van der Waals surface area contributed by atoms with E-state index in [1.165, 1.54) is 18.5 Å². The molecular weight excluding hydrogens is 358 g/mol. The van der Waals surface area contributed by atoms with Gasteiger partial charge in [0.05, 0.1) is 29.1 Å². The third-order valence-electron chi connectivity index (χ3n) is 5.89. The first-order chi connectivity index (χ1) is 14.2. The first-order valence-corrected chi connectivity index (χ1v) is 10.3. The van der Waals surface area contributed by atoms with Crippen LogP contribution in [0, 0.1) is 12.8 Å². The van der Waals surface area contributed by atoms with Crippen LogP contribution in [0.2, 0.25) is 0 Å². The number of anilines is 1. The topological polar surface area (TPSA) is 46.8 Å². The van der Waals surface area contributed by atoms with Crippen LogP contribution in [0.25, 0.3) is 28.1 Å². The summed E-state index contributed by atoms with van der Waals surface area (Å²) in [7, 11) is 0. The highest BCUT2D eigenvalue weighted by atomic mass is 15.1. The number of piperidine rings is 1. The summed E-state index contributed by atoms with van der Waals surface area (Å²) < 4.78 is 2.15. The van der Waals surface area contributed by atoms with Crippen LogP contribution in [0.15, 0.2) is 61.1 Å². The molecule has 0 bridgehead atoms. The van der Waals surface area contributed by atoms with Crippen LogP contribution in [0.1, 0.15) is 25.5 Å². The van der Waals surface area contributed by atoms with E-state index in [4.69, 9.17) is 4.98 Å². The molecule has 0 N–H and O–H groups in total. The van der Waals surface area contributed by atoms with E-state index >= 15 is 0 Å². The van der Waals surface area contributed by atoms with Crippen molar-refractivity contribution in [3.05, 3.63) is 66.7 Å². The minimum atomic E-state index is 0.835. The molecule has 3 aromatic heterocycles. The second-order valence-corrected chi connectivity index (χ2v) is 8.01. The molecule has 0 radical (unpaired) electrons. The number of pyridine rings is 2. The van der Waals surface area contributed by atoms with Crippen molar-refractivity contribution in [2.75, 3.05) is 18.0 Å². The number of nitrogens with zero attached hydrogens (tertiary/aromatic N) is 5. The van der Waals surface area contributed by atoms with E-state index in [0.717, 1.165) is 52.8 Å². The summed E-state index contributed by atoms with van der Waals surface area (Å²) in [5.74, 6) is 1.75. The Bertz CT molecular complexity index is 1120. The number of rotatable bonds is 3. The quantitative estimate of drug-likeness (QED) is 0.498. The van der Waals surface area contributed by atoms with Gasteiger partial charge in [-0.15, -0.1) is 0 Å². The summed E-state index contributed by atoms with van der Waals surface area (Å²) in [5, 5.41) is 0. The molecule has 1 aliphatic heterocycles. The van der Waals surface area contributed by atoms with Crippen molar-refractivity contribution in [3.8, 4) is 17.1 Å². The summed E-state index contributed by atoms with van der Waals surface area (Å²) in [5.41, 5.74) is 6.30. The average Bonchev–Trinajstić information content (AvgIpc) is 3.15. The van der Waals surface area contributed by atoms with Gasteiger partial charge >= 0.3 is 0 Å². The summed E-state index contributed by atoms with van der Waals surface area (Å²) >= 11 is 0. The number of hydrogen-bond donors (Lipinski definition) is 0. The van der Waals surface area contributed by atoms with Crippen molar-refractivity contribution in [1.82, 2.24) is 19.5 Å². The molecule has 5 rings (SSSR count). The average molecular weight is 383 g/mol. The lowest BCUT2D eigenvalue weighted by Gasteiger charge is -2.32. The van der Waals surface area contributed by atoms with Gasteiger partial charge in [0.2, 0.25) is 0 Å². The van der Waals surface area contributed by atoms with E-state index in [9.17, 15) is 0 Å². The molecule has 1 fully saturated rings. The molecule has 4 aromatic rings. The molecule has 29 heavy (non-hydrogen) atoms. The molecule has 146 valence electrons. The zero-order valence-corrected chi connectivity index (χ0v) is 16.9. The molecule has 0 amide bonds. The fraction of sp³-hybridized carbons (Fsp3) is 0.292. The fourth-order valence-corrected chi connectivity index (χ4v) is 4.06. The summed E-state index contributed by atoms with van der Waals surface area (Å²) in [6.45, 7) is 6.62. The lowest BCUT2D eigenvalue weighted by Crippen LogP contribution is -2.32. The lowest BCUT2D eigenvalue weighted by molar-refractivity contribution is 0.438. The maximum absolute atomic E-state index is 4.92. The SMILES string of the molecule is Cc1ccc(-n2c(-c3ccc(N4CCC(C)CC4)cc3)nc3ccncc32)cn1. The molecule has 1 aromatic carbocycles. The summed E-state index contributed by atoms with van der Waals surface area (Å²) in [6, 6.07) is 14.9. The molecular formula is C24H25N5. The zero-order chi connectivity index (χ0) is 19.8. The van der Waals surface area contributed by atoms with Crippen molar-refractivity contribution < 1.29 is 0 Å². The van der Waals surface area contributed by atoms with E-state index in [2.05, 4.69) is 56.7 Å². The molecule has 0 atom stereocenters. The van der Waals surface area contributed by atoms with Gasteiger partial charge in [0.1, 0.15) is 5.82 Å². The van der Waals surface area contributed by atoms with Gasteiger partial charge in [0.15, 0.2) is 0 Å². The van der Waals surface area contributed by atoms with Crippen molar-refractivity contribution in [3.63, 3.8) is 0 Å². The van der Waals surface area contributed by atoms with Crippen molar-refractivity contribution in [2.24, 2.45) is 5.92 Å². The van der Waals surface area contributed by atoms with Crippen molar-refractivity contribution >= 4 is 16.7 Å². The molecule has 0 spiro atoms. The van der Waals surface area contributed by atoms with Crippen LogP contribution in [0.4, 0.5) is 5.69 Å². The highest BCUT2D eigenvalue weighted by Gasteiger charge is 2.18. The predicted octanol–water partition coefficient (Wildman–Crippen LogP) is 5.03. The predicted molar refractivity (Wildman–Crippen MR) is 117 cm³/mol. The molecule has 5 nitrogen and oxygen atoms in total. The van der Waals surface area contributed by atoms with Gasteiger partial charge in [-0.05, 0) is 68.1 Å². The Balaban J connectivity index is 1.56. The molecule has 1 aliphatic rings. The van der Waals surface area contributed by atoms with Crippen molar-refractivity contribution in [2.45, 2.75) is 26.7 Å². The van der Waals surface area contributed by atoms with Crippen LogP contribution in [-0.2, 0) is 0 Å². The lowest BCUT2D eigenvalue weighted by atomic mass is 9.98. The van der Waals surface area contributed by atoms with Gasteiger partial charge < -0.3 is 4.90 Å².